The summed E-state index contributed by atoms with van der Waals surface area (Å²) >= 11 is 11.0. The van der Waals surface area contributed by atoms with Gasteiger partial charge in [-0.15, -0.1) is 0 Å². The van der Waals surface area contributed by atoms with Crippen LogP contribution in [0.1, 0.15) is 10.4 Å². The van der Waals surface area contributed by atoms with Crippen LogP contribution >= 0.6 is 23.8 Å². The van der Waals surface area contributed by atoms with Crippen LogP contribution in [0.4, 0.5) is 5.69 Å². The highest BCUT2D eigenvalue weighted by molar-refractivity contribution is 7.80. The molecule has 120 valence electrons. The summed E-state index contributed by atoms with van der Waals surface area (Å²) in [6.45, 7) is 0. The molecule has 0 aliphatic rings. The van der Waals surface area contributed by atoms with Gasteiger partial charge in [0, 0.05) is 10.6 Å². The van der Waals surface area contributed by atoms with Gasteiger partial charge < -0.3 is 10.4 Å². The fourth-order valence-electron chi connectivity index (χ4n) is 2.36. The predicted octanol–water partition coefficient (Wildman–Crippen LogP) is 4.33. The third-order valence-electron chi connectivity index (χ3n) is 3.47. The zero-order chi connectivity index (χ0) is 17.1. The summed E-state index contributed by atoms with van der Waals surface area (Å²) in [5, 5.41) is 17.5. The summed E-state index contributed by atoms with van der Waals surface area (Å²) in [6, 6.07) is 17.6. The number of hydrogen-bond donors (Lipinski definition) is 3. The number of thiocarbonyl (C=S) groups is 1. The van der Waals surface area contributed by atoms with Gasteiger partial charge in [0.15, 0.2) is 5.11 Å². The SMILES string of the molecule is O=C(NC(=S)Nc1cc(Cl)ccc1O)c1cccc2ccccc12. The number of halogens is 1. The fraction of sp³-hybridized carbons (Fsp3) is 0. The Kier molecular flexibility index (Phi) is 4.64. The summed E-state index contributed by atoms with van der Waals surface area (Å²) in [4.78, 5) is 12.5. The third kappa shape index (κ3) is 3.48. The van der Waals surface area contributed by atoms with E-state index in [9.17, 15) is 9.90 Å². The van der Waals surface area contributed by atoms with Gasteiger partial charge in [-0.1, -0.05) is 48.0 Å². The Morgan fingerprint density at radius 3 is 2.62 bits per heavy atom. The van der Waals surface area contributed by atoms with E-state index in [2.05, 4.69) is 10.6 Å². The highest BCUT2D eigenvalue weighted by Crippen LogP contribution is 2.26. The lowest BCUT2D eigenvalue weighted by Crippen LogP contribution is -2.34. The molecule has 6 heteroatoms. The van der Waals surface area contributed by atoms with Gasteiger partial charge in [-0.2, -0.15) is 0 Å². The van der Waals surface area contributed by atoms with E-state index < -0.39 is 0 Å². The molecule has 0 aliphatic carbocycles. The van der Waals surface area contributed by atoms with E-state index in [0.29, 0.717) is 16.3 Å². The standard InChI is InChI=1S/C18H13ClN2O2S/c19-12-8-9-16(22)15(10-12)20-18(24)21-17(23)14-7-3-5-11-4-1-2-6-13(11)14/h1-10,22H,(H2,20,21,23,24). The molecular formula is C18H13ClN2O2S. The molecule has 0 aliphatic heterocycles. The first-order valence-corrected chi connectivity index (χ1v) is 7.92. The summed E-state index contributed by atoms with van der Waals surface area (Å²) in [6.07, 6.45) is 0. The van der Waals surface area contributed by atoms with Crippen molar-refractivity contribution in [2.75, 3.05) is 5.32 Å². The first kappa shape index (κ1) is 16.2. The van der Waals surface area contributed by atoms with Crippen molar-refractivity contribution in [2.24, 2.45) is 0 Å². The molecule has 4 nitrogen and oxygen atoms in total. The molecule has 0 radical (unpaired) electrons. The highest BCUT2D eigenvalue weighted by Gasteiger charge is 2.12. The third-order valence-corrected chi connectivity index (χ3v) is 3.91. The lowest BCUT2D eigenvalue weighted by molar-refractivity contribution is 0.0979. The van der Waals surface area contributed by atoms with Gasteiger partial charge in [-0.25, -0.2) is 0 Å². The molecule has 3 rings (SSSR count). The van der Waals surface area contributed by atoms with E-state index in [0.717, 1.165) is 10.8 Å². The number of amides is 1. The molecule has 3 aromatic rings. The monoisotopic (exact) mass is 356 g/mol. The first-order valence-electron chi connectivity index (χ1n) is 7.13. The quantitative estimate of drug-likeness (QED) is 0.472. The lowest BCUT2D eigenvalue weighted by atomic mass is 10.0. The van der Waals surface area contributed by atoms with Crippen molar-refractivity contribution in [3.8, 4) is 5.75 Å². The molecular weight excluding hydrogens is 344 g/mol. The summed E-state index contributed by atoms with van der Waals surface area (Å²) in [5.41, 5.74) is 0.846. The van der Waals surface area contributed by atoms with Gasteiger partial charge >= 0.3 is 0 Å². The number of hydrogen-bond acceptors (Lipinski definition) is 3. The van der Waals surface area contributed by atoms with E-state index in [1.165, 1.54) is 12.1 Å². The van der Waals surface area contributed by atoms with Gasteiger partial charge in [-0.3, -0.25) is 10.1 Å². The normalized spacial score (nSPS) is 10.4. The molecule has 0 atom stereocenters. The van der Waals surface area contributed by atoms with E-state index >= 15 is 0 Å². The average Bonchev–Trinajstić information content (AvgIpc) is 2.57. The van der Waals surface area contributed by atoms with Crippen molar-refractivity contribution in [1.29, 1.82) is 0 Å². The van der Waals surface area contributed by atoms with Crippen molar-refractivity contribution in [2.45, 2.75) is 0 Å². The summed E-state index contributed by atoms with van der Waals surface area (Å²) < 4.78 is 0. The van der Waals surface area contributed by atoms with E-state index in [1.807, 2.05) is 36.4 Å². The topological polar surface area (TPSA) is 61.4 Å². The van der Waals surface area contributed by atoms with Crippen LogP contribution in [0.25, 0.3) is 10.8 Å². The highest BCUT2D eigenvalue weighted by atomic mass is 35.5. The molecule has 3 aromatic carbocycles. The average molecular weight is 357 g/mol. The van der Waals surface area contributed by atoms with Gasteiger partial charge in [-0.05, 0) is 47.3 Å². The fourth-order valence-corrected chi connectivity index (χ4v) is 2.73. The Labute approximate surface area is 149 Å². The van der Waals surface area contributed by atoms with Gasteiger partial charge in [0.1, 0.15) is 5.75 Å². The van der Waals surface area contributed by atoms with Crippen LogP contribution < -0.4 is 10.6 Å². The Morgan fingerprint density at radius 2 is 1.79 bits per heavy atom. The maximum absolute atomic E-state index is 12.5. The minimum Gasteiger partial charge on any atom is -0.506 e. The minimum absolute atomic E-state index is 0.0128. The van der Waals surface area contributed by atoms with Crippen molar-refractivity contribution in [3.05, 3.63) is 71.2 Å². The van der Waals surface area contributed by atoms with Gasteiger partial charge in [0.2, 0.25) is 0 Å². The molecule has 0 saturated heterocycles. The summed E-state index contributed by atoms with van der Waals surface area (Å²) in [7, 11) is 0. The second kappa shape index (κ2) is 6.86. The predicted molar refractivity (Wildman–Crippen MR) is 101 cm³/mol. The van der Waals surface area contributed by atoms with Crippen LogP contribution in [-0.2, 0) is 0 Å². The Balaban J connectivity index is 1.79. The zero-order valence-corrected chi connectivity index (χ0v) is 14.0. The second-order valence-electron chi connectivity index (χ2n) is 5.10. The molecule has 3 N–H and O–H groups in total. The number of rotatable bonds is 2. The largest absolute Gasteiger partial charge is 0.506 e. The maximum Gasteiger partial charge on any atom is 0.258 e. The van der Waals surface area contributed by atoms with Crippen LogP contribution in [0.5, 0.6) is 5.75 Å². The van der Waals surface area contributed by atoms with Crippen LogP contribution in [0, 0.1) is 0 Å². The van der Waals surface area contributed by atoms with Crippen LogP contribution in [-0.4, -0.2) is 16.1 Å². The smallest absolute Gasteiger partial charge is 0.258 e. The molecule has 24 heavy (non-hydrogen) atoms. The van der Waals surface area contributed by atoms with E-state index in [-0.39, 0.29) is 16.8 Å². The molecule has 0 saturated carbocycles. The number of carbonyl (C=O) groups is 1. The maximum atomic E-state index is 12.5. The molecule has 0 heterocycles. The number of nitrogens with one attached hydrogen (secondary N) is 2. The number of carbonyl (C=O) groups excluding carboxylic acids is 1. The number of anilines is 1. The molecule has 0 unspecified atom stereocenters. The zero-order valence-electron chi connectivity index (χ0n) is 12.4. The first-order chi connectivity index (χ1) is 11.5. The Bertz CT molecular complexity index is 938. The number of aromatic hydroxyl groups is 1. The summed E-state index contributed by atoms with van der Waals surface area (Å²) in [5.74, 6) is -0.341. The Hall–Kier alpha value is -2.63. The lowest BCUT2D eigenvalue weighted by Gasteiger charge is -2.12. The van der Waals surface area contributed by atoms with E-state index in [4.69, 9.17) is 23.8 Å². The number of fused-ring (bicyclic) bond motifs is 1. The molecule has 1 amide bonds. The number of phenolic OH excluding ortho intramolecular Hbond substituents is 1. The van der Waals surface area contributed by atoms with Crippen LogP contribution in [0.15, 0.2) is 60.7 Å². The molecule has 0 bridgehead atoms. The van der Waals surface area contributed by atoms with Gasteiger partial charge in [0.05, 0.1) is 5.69 Å². The van der Waals surface area contributed by atoms with Gasteiger partial charge in [0.25, 0.3) is 5.91 Å². The van der Waals surface area contributed by atoms with Crippen molar-refractivity contribution in [1.82, 2.24) is 5.32 Å². The van der Waals surface area contributed by atoms with E-state index in [1.54, 1.807) is 12.1 Å². The molecule has 0 aromatic heterocycles. The van der Waals surface area contributed by atoms with Crippen LogP contribution in [0.3, 0.4) is 0 Å². The Morgan fingerprint density at radius 1 is 1.04 bits per heavy atom. The minimum atomic E-state index is -0.328. The molecule has 0 fully saturated rings. The second-order valence-corrected chi connectivity index (χ2v) is 5.94. The van der Waals surface area contributed by atoms with Crippen molar-refractivity contribution >= 4 is 51.3 Å². The van der Waals surface area contributed by atoms with Crippen LogP contribution in [0.2, 0.25) is 5.02 Å². The van der Waals surface area contributed by atoms with Crippen molar-refractivity contribution in [3.63, 3.8) is 0 Å². The number of phenols is 1. The van der Waals surface area contributed by atoms with Crippen molar-refractivity contribution < 1.29 is 9.90 Å². The molecule has 0 spiro atoms. The number of benzene rings is 3.